The Morgan fingerprint density at radius 2 is 1.74 bits per heavy atom. The highest BCUT2D eigenvalue weighted by molar-refractivity contribution is 6.24. The Morgan fingerprint density at radius 1 is 1.09 bits per heavy atom. The van der Waals surface area contributed by atoms with Crippen LogP contribution in [-0.2, 0) is 4.79 Å². The van der Waals surface area contributed by atoms with Gasteiger partial charge in [-0.1, -0.05) is 0 Å². The molecule has 2 amide bonds. The minimum absolute atomic E-state index is 0.0842. The number of alkyl halides is 1. The Balaban J connectivity index is 1.44. The fourth-order valence-electron chi connectivity index (χ4n) is 5.24. The largest absolute Gasteiger partial charge is 0.273 e. The van der Waals surface area contributed by atoms with E-state index in [1.807, 2.05) is 0 Å². The van der Waals surface area contributed by atoms with Gasteiger partial charge in [0.05, 0.1) is 5.41 Å². The molecule has 1 heterocycles. The van der Waals surface area contributed by atoms with Gasteiger partial charge in [-0.2, -0.15) is 0 Å². The third kappa shape index (κ3) is 2.61. The molecule has 0 radical (unpaired) electrons. The molecule has 4 aliphatic rings. The highest BCUT2D eigenvalue weighted by atomic mass is 35.5. The Hall–Kier alpha value is -1.62. The van der Waals surface area contributed by atoms with Crippen LogP contribution in [0.3, 0.4) is 0 Å². The first-order valence-electron chi connectivity index (χ1n) is 8.18. The first-order valence-corrected chi connectivity index (χ1v) is 8.56. The van der Waals surface area contributed by atoms with Crippen molar-refractivity contribution >= 4 is 23.4 Å². The lowest BCUT2D eigenvalue weighted by Gasteiger charge is -2.59. The molecule has 0 unspecified atom stereocenters. The third-order valence-corrected chi connectivity index (χ3v) is 6.15. The third-order valence-electron chi connectivity index (χ3n) is 5.70. The Morgan fingerprint density at radius 3 is 2.35 bits per heavy atom. The summed E-state index contributed by atoms with van der Waals surface area (Å²) in [6.07, 6.45) is 8.88. The highest BCUT2D eigenvalue weighted by Gasteiger charge is 2.60. The summed E-state index contributed by atoms with van der Waals surface area (Å²) < 4.78 is 0. The van der Waals surface area contributed by atoms with Crippen LogP contribution < -0.4 is 10.9 Å². The van der Waals surface area contributed by atoms with Crippen LogP contribution >= 0.6 is 11.6 Å². The van der Waals surface area contributed by atoms with Crippen molar-refractivity contribution in [3.8, 4) is 0 Å². The Labute approximate surface area is 140 Å². The maximum absolute atomic E-state index is 12.8. The van der Waals surface area contributed by atoms with Gasteiger partial charge in [-0.05, 0) is 62.5 Å². The van der Waals surface area contributed by atoms with E-state index >= 15 is 0 Å². The molecular weight excluding hydrogens is 314 g/mol. The molecule has 122 valence electrons. The molecule has 1 aromatic heterocycles. The van der Waals surface area contributed by atoms with Gasteiger partial charge in [-0.25, -0.2) is 0 Å². The zero-order chi connectivity index (χ0) is 16.1. The quantitative estimate of drug-likeness (QED) is 0.645. The van der Waals surface area contributed by atoms with Gasteiger partial charge in [-0.15, -0.1) is 11.6 Å². The van der Waals surface area contributed by atoms with Gasteiger partial charge in [0, 0.05) is 22.8 Å². The molecule has 1 aromatic rings. The van der Waals surface area contributed by atoms with E-state index in [-0.39, 0.29) is 16.7 Å². The average Bonchev–Trinajstić information content (AvgIpc) is 2.50. The molecule has 5 rings (SSSR count). The average molecular weight is 334 g/mol. The number of nitrogens with zero attached hydrogens (tertiary/aromatic N) is 1. The van der Waals surface area contributed by atoms with Gasteiger partial charge >= 0.3 is 0 Å². The van der Waals surface area contributed by atoms with Gasteiger partial charge < -0.3 is 0 Å². The van der Waals surface area contributed by atoms with Crippen LogP contribution in [0.5, 0.6) is 0 Å². The minimum Gasteiger partial charge on any atom is -0.273 e. The van der Waals surface area contributed by atoms with E-state index in [1.54, 1.807) is 24.5 Å². The van der Waals surface area contributed by atoms with Crippen LogP contribution in [0.15, 0.2) is 24.5 Å². The summed E-state index contributed by atoms with van der Waals surface area (Å²) in [5.41, 5.74) is 5.23. The molecule has 5 nitrogen and oxygen atoms in total. The van der Waals surface area contributed by atoms with Gasteiger partial charge in [0.1, 0.15) is 0 Å². The van der Waals surface area contributed by atoms with E-state index in [1.165, 1.54) is 6.42 Å². The number of carbonyl (C=O) groups is 2. The van der Waals surface area contributed by atoms with Crippen molar-refractivity contribution in [2.75, 3.05) is 0 Å². The summed E-state index contributed by atoms with van der Waals surface area (Å²) in [6, 6.07) is 3.22. The first kappa shape index (κ1) is 14.9. The zero-order valence-corrected chi connectivity index (χ0v) is 13.6. The fraction of sp³-hybridized carbons (Fsp3) is 0.588. The maximum atomic E-state index is 12.8. The molecule has 0 aliphatic heterocycles. The van der Waals surface area contributed by atoms with Gasteiger partial charge in [-0.3, -0.25) is 25.4 Å². The van der Waals surface area contributed by atoms with Crippen LogP contribution in [0.25, 0.3) is 0 Å². The number of hydrogen-bond acceptors (Lipinski definition) is 3. The minimum atomic E-state index is -0.405. The molecule has 23 heavy (non-hydrogen) atoms. The number of hydrogen-bond donors (Lipinski definition) is 2. The van der Waals surface area contributed by atoms with E-state index in [2.05, 4.69) is 15.8 Å². The van der Waals surface area contributed by atoms with Crippen LogP contribution in [0, 0.1) is 17.3 Å². The molecule has 2 N–H and O–H groups in total. The van der Waals surface area contributed by atoms with Crippen molar-refractivity contribution in [2.45, 2.75) is 43.4 Å². The topological polar surface area (TPSA) is 71.1 Å². The number of amides is 2. The highest BCUT2D eigenvalue weighted by Crippen LogP contribution is 2.63. The summed E-state index contributed by atoms with van der Waals surface area (Å²) in [7, 11) is 0. The van der Waals surface area contributed by atoms with E-state index < -0.39 is 5.41 Å². The maximum Gasteiger partial charge on any atom is 0.269 e. The Bertz CT molecular complexity index is 634. The van der Waals surface area contributed by atoms with E-state index in [4.69, 9.17) is 11.6 Å². The van der Waals surface area contributed by atoms with Crippen LogP contribution in [0.1, 0.15) is 48.9 Å². The number of pyridine rings is 1. The summed E-state index contributed by atoms with van der Waals surface area (Å²) in [6.45, 7) is 0. The number of halogens is 1. The Kier molecular flexibility index (Phi) is 3.38. The van der Waals surface area contributed by atoms with Crippen molar-refractivity contribution in [1.82, 2.24) is 15.8 Å². The summed E-state index contributed by atoms with van der Waals surface area (Å²) in [4.78, 5) is 28.5. The number of aromatic nitrogens is 1. The van der Waals surface area contributed by atoms with Crippen molar-refractivity contribution < 1.29 is 9.59 Å². The molecule has 4 aliphatic carbocycles. The van der Waals surface area contributed by atoms with Crippen molar-refractivity contribution in [1.29, 1.82) is 0 Å². The summed E-state index contributed by atoms with van der Waals surface area (Å²) in [5, 5.41) is 0. The van der Waals surface area contributed by atoms with E-state index in [0.29, 0.717) is 17.4 Å². The fourth-order valence-corrected chi connectivity index (χ4v) is 5.93. The van der Waals surface area contributed by atoms with Crippen LogP contribution in [0.4, 0.5) is 0 Å². The second-order valence-corrected chi connectivity index (χ2v) is 8.34. The predicted octanol–water partition coefficient (Wildman–Crippen LogP) is 2.42. The number of hydrazine groups is 1. The molecule has 0 spiro atoms. The molecule has 4 bridgehead atoms. The first-order chi connectivity index (χ1) is 11.0. The number of rotatable bonds is 2. The monoisotopic (exact) mass is 333 g/mol. The summed E-state index contributed by atoms with van der Waals surface area (Å²) >= 11 is 6.75. The van der Waals surface area contributed by atoms with E-state index in [0.717, 1.165) is 32.1 Å². The second-order valence-electron chi connectivity index (χ2n) is 7.54. The van der Waals surface area contributed by atoms with Gasteiger partial charge in [0.25, 0.3) is 5.91 Å². The van der Waals surface area contributed by atoms with Gasteiger partial charge in [0.2, 0.25) is 5.91 Å². The summed E-state index contributed by atoms with van der Waals surface area (Å²) in [5.74, 6) is 0.691. The molecule has 6 heteroatoms. The van der Waals surface area contributed by atoms with E-state index in [9.17, 15) is 9.59 Å². The second kappa shape index (κ2) is 5.20. The van der Waals surface area contributed by atoms with Crippen molar-refractivity contribution in [3.05, 3.63) is 30.1 Å². The van der Waals surface area contributed by atoms with Gasteiger partial charge in [0.15, 0.2) is 0 Å². The number of carbonyl (C=O) groups excluding carboxylic acids is 2. The van der Waals surface area contributed by atoms with Crippen molar-refractivity contribution in [2.24, 2.45) is 17.3 Å². The molecule has 0 saturated heterocycles. The lowest BCUT2D eigenvalue weighted by atomic mass is 9.49. The lowest BCUT2D eigenvalue weighted by molar-refractivity contribution is -0.145. The molecule has 4 fully saturated rings. The van der Waals surface area contributed by atoms with Crippen molar-refractivity contribution in [3.63, 3.8) is 0 Å². The normalized spacial score (nSPS) is 37.4. The predicted molar refractivity (Wildman–Crippen MR) is 85.5 cm³/mol. The molecular formula is C17H20ClN3O2. The molecule has 2 atom stereocenters. The zero-order valence-electron chi connectivity index (χ0n) is 12.8. The number of nitrogens with one attached hydrogen (secondary N) is 2. The standard InChI is InChI=1S/C17H20ClN3O2/c18-17-8-11-5-12(9-17)7-16(6-11,10-17)15(23)21-20-14(22)13-1-3-19-4-2-13/h1-4,11-12H,5-10H2,(H,20,22)(H,21,23)/t11-,12-,16?,17?/m1/s1. The van der Waals surface area contributed by atoms with Crippen LogP contribution in [-0.4, -0.2) is 21.7 Å². The smallest absolute Gasteiger partial charge is 0.269 e. The van der Waals surface area contributed by atoms with Crippen LogP contribution in [0.2, 0.25) is 0 Å². The lowest BCUT2D eigenvalue weighted by Crippen LogP contribution is -2.60. The SMILES string of the molecule is O=C(NNC(=O)C12C[C@H]3C[C@@H](CC(Cl)(C3)C1)C2)c1ccncc1. The molecule has 4 saturated carbocycles. The molecule has 0 aromatic carbocycles.